The molecule has 0 spiro atoms. The molecule has 2 aromatic carbocycles. The number of fused-ring (bicyclic) bond motifs is 1. The SMILES string of the molecule is Cc1cc2nc(CC(=O)c3ccc(C(C)(C)O)cc3)cc(-c3ccc(O)c(Cl)c3)n2n1. The number of aryl methyl sites for hydroxylation is 1. The molecule has 0 atom stereocenters. The number of rotatable bonds is 5. The summed E-state index contributed by atoms with van der Waals surface area (Å²) in [5.41, 5.74) is 3.82. The molecule has 2 N–H and O–H groups in total. The van der Waals surface area contributed by atoms with Gasteiger partial charge in [0.05, 0.1) is 34.1 Å². The minimum Gasteiger partial charge on any atom is -0.506 e. The van der Waals surface area contributed by atoms with E-state index < -0.39 is 5.60 Å². The molecule has 0 saturated carbocycles. The number of hydrogen-bond acceptors (Lipinski definition) is 5. The number of carbonyl (C=O) groups is 1. The highest BCUT2D eigenvalue weighted by Crippen LogP contribution is 2.30. The number of benzene rings is 2. The number of phenols is 1. The van der Waals surface area contributed by atoms with Gasteiger partial charge in [-0.05, 0) is 50.6 Å². The van der Waals surface area contributed by atoms with Crippen LogP contribution < -0.4 is 0 Å². The van der Waals surface area contributed by atoms with E-state index in [1.54, 1.807) is 54.8 Å². The maximum atomic E-state index is 12.9. The predicted molar refractivity (Wildman–Crippen MR) is 120 cm³/mol. The number of aromatic hydroxyl groups is 1. The topological polar surface area (TPSA) is 87.7 Å². The van der Waals surface area contributed by atoms with Crippen LogP contribution in [0.4, 0.5) is 0 Å². The molecule has 0 aliphatic carbocycles. The van der Waals surface area contributed by atoms with Gasteiger partial charge in [-0.25, -0.2) is 9.50 Å². The van der Waals surface area contributed by atoms with Crippen LogP contribution in [0.3, 0.4) is 0 Å². The summed E-state index contributed by atoms with van der Waals surface area (Å²) in [6.45, 7) is 5.28. The van der Waals surface area contributed by atoms with Crippen molar-refractivity contribution in [1.29, 1.82) is 0 Å². The van der Waals surface area contributed by atoms with E-state index in [1.807, 2.05) is 19.1 Å². The summed E-state index contributed by atoms with van der Waals surface area (Å²) in [6, 6.07) is 15.5. The molecule has 2 heterocycles. The molecule has 0 saturated heterocycles. The molecule has 7 heteroatoms. The second kappa shape index (κ2) is 7.80. The highest BCUT2D eigenvalue weighted by molar-refractivity contribution is 6.32. The third-order valence-corrected chi connectivity index (χ3v) is 5.40. The molecule has 4 aromatic rings. The minimum absolute atomic E-state index is 0.00253. The van der Waals surface area contributed by atoms with E-state index >= 15 is 0 Å². The molecule has 4 rings (SSSR count). The summed E-state index contributed by atoms with van der Waals surface area (Å²) in [5.74, 6) is -0.0812. The third-order valence-electron chi connectivity index (χ3n) is 5.10. The van der Waals surface area contributed by atoms with Crippen LogP contribution in [-0.4, -0.2) is 30.6 Å². The highest BCUT2D eigenvalue weighted by Gasteiger charge is 2.18. The molecule has 31 heavy (non-hydrogen) atoms. The van der Waals surface area contributed by atoms with E-state index in [0.29, 0.717) is 16.9 Å². The molecule has 158 valence electrons. The average molecular weight is 436 g/mol. The third kappa shape index (κ3) is 4.31. The van der Waals surface area contributed by atoms with Crippen molar-refractivity contribution < 1.29 is 15.0 Å². The lowest BCUT2D eigenvalue weighted by atomic mass is 9.96. The van der Waals surface area contributed by atoms with E-state index in [9.17, 15) is 15.0 Å². The van der Waals surface area contributed by atoms with E-state index in [2.05, 4.69) is 10.1 Å². The van der Waals surface area contributed by atoms with Crippen LogP contribution in [0.15, 0.2) is 54.6 Å². The lowest BCUT2D eigenvalue weighted by molar-refractivity contribution is 0.0784. The molecule has 0 aliphatic heterocycles. The van der Waals surface area contributed by atoms with E-state index in [4.69, 9.17) is 11.6 Å². The maximum absolute atomic E-state index is 12.9. The smallest absolute Gasteiger partial charge is 0.168 e. The Balaban J connectivity index is 1.71. The summed E-state index contributed by atoms with van der Waals surface area (Å²) in [7, 11) is 0. The van der Waals surface area contributed by atoms with Crippen molar-refractivity contribution in [3.63, 3.8) is 0 Å². The number of aliphatic hydroxyl groups is 1. The van der Waals surface area contributed by atoms with E-state index in [1.165, 1.54) is 6.07 Å². The number of aromatic nitrogens is 3. The van der Waals surface area contributed by atoms with Gasteiger partial charge in [0, 0.05) is 17.2 Å². The van der Waals surface area contributed by atoms with E-state index in [-0.39, 0.29) is 23.0 Å². The van der Waals surface area contributed by atoms with Gasteiger partial charge in [-0.1, -0.05) is 35.9 Å². The van der Waals surface area contributed by atoms with Gasteiger partial charge in [0.15, 0.2) is 11.4 Å². The normalized spacial score (nSPS) is 11.8. The van der Waals surface area contributed by atoms with Gasteiger partial charge >= 0.3 is 0 Å². The summed E-state index contributed by atoms with van der Waals surface area (Å²) in [6.07, 6.45) is 0.113. The molecule has 6 nitrogen and oxygen atoms in total. The van der Waals surface area contributed by atoms with Gasteiger partial charge in [0.1, 0.15) is 5.75 Å². The molecule has 0 bridgehead atoms. The Hall–Kier alpha value is -3.22. The van der Waals surface area contributed by atoms with Crippen LogP contribution in [0.25, 0.3) is 16.9 Å². The Morgan fingerprint density at radius 1 is 1.10 bits per heavy atom. The first-order valence-corrected chi connectivity index (χ1v) is 10.2. The van der Waals surface area contributed by atoms with Crippen molar-refractivity contribution >= 4 is 23.0 Å². The lowest BCUT2D eigenvalue weighted by Crippen LogP contribution is -2.15. The fourth-order valence-corrected chi connectivity index (χ4v) is 3.61. The summed E-state index contributed by atoms with van der Waals surface area (Å²) in [5, 5.41) is 24.6. The van der Waals surface area contributed by atoms with Gasteiger partial charge in [-0.3, -0.25) is 4.79 Å². The Bertz CT molecular complexity index is 1290. The van der Waals surface area contributed by atoms with Crippen LogP contribution in [0.5, 0.6) is 5.75 Å². The van der Waals surface area contributed by atoms with Gasteiger partial charge < -0.3 is 10.2 Å². The van der Waals surface area contributed by atoms with E-state index in [0.717, 1.165) is 22.5 Å². The number of carbonyl (C=O) groups excluding carboxylic acids is 1. The molecule has 0 fully saturated rings. The summed E-state index contributed by atoms with van der Waals surface area (Å²) < 4.78 is 1.70. The molecule has 2 aromatic heterocycles. The monoisotopic (exact) mass is 435 g/mol. The van der Waals surface area contributed by atoms with Crippen molar-refractivity contribution in [2.75, 3.05) is 0 Å². The van der Waals surface area contributed by atoms with Gasteiger partial charge in [0.25, 0.3) is 0 Å². The Morgan fingerprint density at radius 2 is 1.81 bits per heavy atom. The molecule has 0 unspecified atom stereocenters. The van der Waals surface area contributed by atoms with Gasteiger partial charge in [-0.2, -0.15) is 5.10 Å². The van der Waals surface area contributed by atoms with Gasteiger partial charge in [0.2, 0.25) is 0 Å². The molecular formula is C24H22ClN3O3. The zero-order chi connectivity index (χ0) is 22.3. The van der Waals surface area contributed by atoms with Crippen molar-refractivity contribution in [1.82, 2.24) is 14.6 Å². The predicted octanol–water partition coefficient (Wildman–Crippen LogP) is 4.72. The van der Waals surface area contributed by atoms with Crippen LogP contribution in [0, 0.1) is 6.92 Å². The molecule has 0 aliphatic rings. The number of hydrogen-bond donors (Lipinski definition) is 2. The number of halogens is 1. The fourth-order valence-electron chi connectivity index (χ4n) is 3.43. The quantitative estimate of drug-likeness (QED) is 0.443. The summed E-state index contributed by atoms with van der Waals surface area (Å²) >= 11 is 6.10. The minimum atomic E-state index is -0.964. The van der Waals surface area contributed by atoms with Crippen LogP contribution >= 0.6 is 11.6 Å². The first-order chi connectivity index (χ1) is 14.6. The van der Waals surface area contributed by atoms with Crippen molar-refractivity contribution in [3.8, 4) is 17.0 Å². The molecule has 0 amide bonds. The Labute approximate surface area is 184 Å². The first-order valence-electron chi connectivity index (χ1n) is 9.83. The Kier molecular flexibility index (Phi) is 5.29. The number of ketones is 1. The zero-order valence-corrected chi connectivity index (χ0v) is 18.2. The van der Waals surface area contributed by atoms with Crippen LogP contribution in [0.1, 0.15) is 41.2 Å². The number of Topliss-reactive ketones (excluding diaryl/α,β-unsaturated/α-hetero) is 1. The fraction of sp³-hybridized carbons (Fsp3) is 0.208. The molecule has 0 radical (unpaired) electrons. The largest absolute Gasteiger partial charge is 0.506 e. The number of phenolic OH excluding ortho intramolecular Hbond substituents is 1. The summed E-state index contributed by atoms with van der Waals surface area (Å²) in [4.78, 5) is 17.5. The highest BCUT2D eigenvalue weighted by atomic mass is 35.5. The lowest BCUT2D eigenvalue weighted by Gasteiger charge is -2.17. The molecular weight excluding hydrogens is 414 g/mol. The van der Waals surface area contributed by atoms with Crippen LogP contribution in [0.2, 0.25) is 5.02 Å². The standard InChI is InChI=1S/C24H22ClN3O3/c1-14-10-23-26-18(13-22(30)15-4-7-17(8-5-15)24(2,3)31)12-20(28(23)27-14)16-6-9-21(29)19(25)11-16/h4-12,29,31H,13H2,1-3H3. The van der Waals surface area contributed by atoms with Crippen molar-refractivity contribution in [3.05, 3.63) is 82.1 Å². The Morgan fingerprint density at radius 3 is 2.45 bits per heavy atom. The van der Waals surface area contributed by atoms with Crippen molar-refractivity contribution in [2.45, 2.75) is 32.8 Å². The maximum Gasteiger partial charge on any atom is 0.168 e. The first kappa shape index (κ1) is 21.0. The average Bonchev–Trinajstić information content (AvgIpc) is 3.09. The van der Waals surface area contributed by atoms with Gasteiger partial charge in [-0.15, -0.1) is 0 Å². The van der Waals surface area contributed by atoms with Crippen molar-refractivity contribution in [2.24, 2.45) is 0 Å². The van der Waals surface area contributed by atoms with Crippen LogP contribution in [-0.2, 0) is 12.0 Å². The number of nitrogens with zero attached hydrogens (tertiary/aromatic N) is 3. The second-order valence-corrected chi connectivity index (χ2v) is 8.50. The zero-order valence-electron chi connectivity index (χ0n) is 17.4. The second-order valence-electron chi connectivity index (χ2n) is 8.09.